The zero-order chi connectivity index (χ0) is 19.8. The van der Waals surface area contributed by atoms with Gasteiger partial charge in [0.1, 0.15) is 0 Å². The molecule has 0 aliphatic carbocycles. The highest BCUT2D eigenvalue weighted by atomic mass is 32.2. The summed E-state index contributed by atoms with van der Waals surface area (Å²) in [6.45, 7) is 3.92. The molecule has 1 N–H and O–H groups in total. The van der Waals surface area contributed by atoms with Gasteiger partial charge in [0.05, 0.1) is 11.4 Å². The molecule has 0 radical (unpaired) electrons. The molecule has 0 saturated carbocycles. The first-order valence-electron chi connectivity index (χ1n) is 8.19. The van der Waals surface area contributed by atoms with E-state index in [0.29, 0.717) is 11.6 Å². The summed E-state index contributed by atoms with van der Waals surface area (Å²) >= 11 is 0. The van der Waals surface area contributed by atoms with Crippen molar-refractivity contribution in [3.63, 3.8) is 0 Å². The third-order valence-electron chi connectivity index (χ3n) is 4.04. The van der Waals surface area contributed by atoms with Crippen molar-refractivity contribution < 1.29 is 13.2 Å². The minimum absolute atomic E-state index is 0.0589. The summed E-state index contributed by atoms with van der Waals surface area (Å²) in [6, 6.07) is 7.80. The minimum atomic E-state index is -3.61. The Morgan fingerprint density at radius 1 is 1.19 bits per heavy atom. The van der Waals surface area contributed by atoms with Gasteiger partial charge < -0.3 is 5.32 Å². The van der Waals surface area contributed by atoms with Gasteiger partial charge in [-0.3, -0.25) is 9.20 Å². The molecule has 9 nitrogen and oxygen atoms in total. The van der Waals surface area contributed by atoms with E-state index in [1.165, 1.54) is 32.3 Å². The predicted octanol–water partition coefficient (Wildman–Crippen LogP) is 0.921. The standard InChI is InChI=1S/C17H20N6O3S/c1-11-8-12(2)23-15(20-21-17(23)19-11)10-18-16(24)13-6-5-7-14(9-13)27(25,26)22(3)4/h5-9H,10H2,1-4H3,(H,18,24). The first-order valence-corrected chi connectivity index (χ1v) is 9.63. The van der Waals surface area contributed by atoms with Gasteiger partial charge in [-0.15, -0.1) is 10.2 Å². The van der Waals surface area contributed by atoms with Crippen LogP contribution in [0, 0.1) is 13.8 Å². The van der Waals surface area contributed by atoms with Gasteiger partial charge in [-0.05, 0) is 38.1 Å². The minimum Gasteiger partial charge on any atom is -0.345 e. The average molecular weight is 388 g/mol. The number of benzene rings is 1. The molecule has 1 amide bonds. The van der Waals surface area contributed by atoms with Gasteiger partial charge in [0.25, 0.3) is 11.7 Å². The number of aromatic nitrogens is 4. The van der Waals surface area contributed by atoms with Crippen molar-refractivity contribution in [1.82, 2.24) is 29.2 Å². The fourth-order valence-electron chi connectivity index (χ4n) is 2.68. The largest absolute Gasteiger partial charge is 0.345 e. The Hall–Kier alpha value is -2.85. The quantitative estimate of drug-likeness (QED) is 0.696. The molecule has 2 heterocycles. The fraction of sp³-hybridized carbons (Fsp3) is 0.294. The predicted molar refractivity (Wildman–Crippen MR) is 98.7 cm³/mol. The lowest BCUT2D eigenvalue weighted by atomic mass is 10.2. The van der Waals surface area contributed by atoms with Gasteiger partial charge >= 0.3 is 0 Å². The summed E-state index contributed by atoms with van der Waals surface area (Å²) in [4.78, 5) is 16.8. The lowest BCUT2D eigenvalue weighted by Crippen LogP contribution is -2.25. The van der Waals surface area contributed by atoms with Crippen LogP contribution in [0.3, 0.4) is 0 Å². The molecule has 3 aromatic rings. The molecular formula is C17H20N6O3S. The topological polar surface area (TPSA) is 110 Å². The zero-order valence-corrected chi connectivity index (χ0v) is 16.3. The molecule has 0 atom stereocenters. The van der Waals surface area contributed by atoms with Crippen molar-refractivity contribution in [2.24, 2.45) is 0 Å². The maximum absolute atomic E-state index is 12.5. The van der Waals surface area contributed by atoms with Crippen LogP contribution in [0.4, 0.5) is 0 Å². The molecule has 2 aromatic heterocycles. The van der Waals surface area contributed by atoms with Gasteiger partial charge in [-0.2, -0.15) is 0 Å². The second-order valence-electron chi connectivity index (χ2n) is 6.29. The van der Waals surface area contributed by atoms with Crippen LogP contribution in [0.5, 0.6) is 0 Å². The molecule has 0 unspecified atom stereocenters. The summed E-state index contributed by atoms with van der Waals surface area (Å²) < 4.78 is 27.3. The molecule has 0 spiro atoms. The number of amides is 1. The Morgan fingerprint density at radius 3 is 2.63 bits per heavy atom. The molecule has 1 aromatic carbocycles. The number of fused-ring (bicyclic) bond motifs is 1. The van der Waals surface area contributed by atoms with Gasteiger partial charge in [0.2, 0.25) is 10.0 Å². The second-order valence-corrected chi connectivity index (χ2v) is 8.44. The number of rotatable bonds is 5. The third kappa shape index (κ3) is 3.67. The summed E-state index contributed by atoms with van der Waals surface area (Å²) in [5.74, 6) is 0.608. The van der Waals surface area contributed by atoms with Crippen molar-refractivity contribution in [2.75, 3.05) is 14.1 Å². The smallest absolute Gasteiger partial charge is 0.255 e. The van der Waals surface area contributed by atoms with Crippen LogP contribution in [0.15, 0.2) is 35.2 Å². The van der Waals surface area contributed by atoms with Crippen molar-refractivity contribution in [3.05, 3.63) is 53.1 Å². The number of sulfonamides is 1. The van der Waals surface area contributed by atoms with Crippen LogP contribution in [-0.4, -0.2) is 52.3 Å². The summed E-state index contributed by atoms with van der Waals surface area (Å²) in [5.41, 5.74) is 1.99. The number of nitrogens with zero attached hydrogens (tertiary/aromatic N) is 5. The number of carbonyl (C=O) groups is 1. The Morgan fingerprint density at radius 2 is 1.93 bits per heavy atom. The first kappa shape index (κ1) is 18.9. The van der Waals surface area contributed by atoms with Crippen molar-refractivity contribution in [2.45, 2.75) is 25.3 Å². The monoisotopic (exact) mass is 388 g/mol. The molecule has 0 aliphatic rings. The molecule has 3 rings (SSSR count). The van der Waals surface area contributed by atoms with Crippen molar-refractivity contribution >= 4 is 21.7 Å². The third-order valence-corrected chi connectivity index (χ3v) is 5.85. The Bertz CT molecular complexity index is 1120. The zero-order valence-electron chi connectivity index (χ0n) is 15.5. The van der Waals surface area contributed by atoms with E-state index in [9.17, 15) is 13.2 Å². The van der Waals surface area contributed by atoms with Gasteiger partial charge in [-0.1, -0.05) is 6.07 Å². The van der Waals surface area contributed by atoms with E-state index in [-0.39, 0.29) is 17.0 Å². The molecule has 27 heavy (non-hydrogen) atoms. The molecule has 0 saturated heterocycles. The molecule has 10 heteroatoms. The maximum Gasteiger partial charge on any atom is 0.255 e. The normalized spacial score (nSPS) is 11.9. The van der Waals surface area contributed by atoms with Crippen LogP contribution in [0.25, 0.3) is 5.78 Å². The Kier molecular flexibility index (Phi) is 4.94. The maximum atomic E-state index is 12.5. The van der Waals surface area contributed by atoms with Gasteiger partial charge in [0, 0.05) is 31.0 Å². The lowest BCUT2D eigenvalue weighted by Gasteiger charge is -2.12. The SMILES string of the molecule is Cc1cc(C)n2c(CNC(=O)c3cccc(S(=O)(=O)N(C)C)c3)nnc2n1. The van der Waals surface area contributed by atoms with E-state index in [1.807, 2.05) is 19.9 Å². The lowest BCUT2D eigenvalue weighted by molar-refractivity contribution is 0.0949. The van der Waals surface area contributed by atoms with Gasteiger partial charge in [-0.25, -0.2) is 17.7 Å². The summed E-state index contributed by atoms with van der Waals surface area (Å²) in [6.07, 6.45) is 0. The summed E-state index contributed by atoms with van der Waals surface area (Å²) in [7, 11) is -0.729. The first-order chi connectivity index (χ1) is 12.7. The van der Waals surface area contributed by atoms with E-state index in [1.54, 1.807) is 10.5 Å². The molecular weight excluding hydrogens is 368 g/mol. The van der Waals surface area contributed by atoms with E-state index < -0.39 is 15.9 Å². The molecule has 0 bridgehead atoms. The highest BCUT2D eigenvalue weighted by molar-refractivity contribution is 7.89. The highest BCUT2D eigenvalue weighted by Crippen LogP contribution is 2.15. The van der Waals surface area contributed by atoms with Crippen molar-refractivity contribution in [3.8, 4) is 0 Å². The summed E-state index contributed by atoms with van der Waals surface area (Å²) in [5, 5.41) is 10.8. The van der Waals surface area contributed by atoms with Gasteiger partial charge in [0.15, 0.2) is 5.82 Å². The van der Waals surface area contributed by atoms with Crippen LogP contribution < -0.4 is 5.32 Å². The van der Waals surface area contributed by atoms with E-state index in [0.717, 1.165) is 15.7 Å². The number of aryl methyl sites for hydroxylation is 2. The number of hydrogen-bond acceptors (Lipinski definition) is 6. The number of hydrogen-bond donors (Lipinski definition) is 1. The molecule has 0 fully saturated rings. The number of carbonyl (C=O) groups excluding carboxylic acids is 1. The number of nitrogens with one attached hydrogen (secondary N) is 1. The van der Waals surface area contributed by atoms with Crippen LogP contribution in [0.1, 0.15) is 27.6 Å². The fourth-order valence-corrected chi connectivity index (χ4v) is 3.63. The van der Waals surface area contributed by atoms with E-state index in [2.05, 4.69) is 20.5 Å². The van der Waals surface area contributed by atoms with E-state index >= 15 is 0 Å². The second kappa shape index (κ2) is 7.05. The van der Waals surface area contributed by atoms with E-state index in [4.69, 9.17) is 0 Å². The highest BCUT2D eigenvalue weighted by Gasteiger charge is 2.19. The van der Waals surface area contributed by atoms with Crippen molar-refractivity contribution in [1.29, 1.82) is 0 Å². The Labute approximate surface area is 157 Å². The molecule has 0 aliphatic heterocycles. The molecule has 142 valence electrons. The average Bonchev–Trinajstić information content (AvgIpc) is 3.02. The van der Waals surface area contributed by atoms with Crippen LogP contribution >= 0.6 is 0 Å². The van der Waals surface area contributed by atoms with Crippen LogP contribution in [0.2, 0.25) is 0 Å². The Balaban J connectivity index is 1.81. The van der Waals surface area contributed by atoms with Crippen LogP contribution in [-0.2, 0) is 16.6 Å².